The molecule has 0 fully saturated rings. The van der Waals surface area contributed by atoms with Gasteiger partial charge in [-0.25, -0.2) is 13.8 Å². The fraction of sp³-hybridized carbons (Fsp3) is 0.118. The first-order valence-electron chi connectivity index (χ1n) is 7.46. The van der Waals surface area contributed by atoms with Crippen LogP contribution in [0.25, 0.3) is 10.2 Å². The van der Waals surface area contributed by atoms with Gasteiger partial charge in [0.2, 0.25) is 5.91 Å². The topological polar surface area (TPSA) is 64.0 Å². The summed E-state index contributed by atoms with van der Waals surface area (Å²) in [7, 11) is 0. The van der Waals surface area contributed by atoms with Gasteiger partial charge in [-0.1, -0.05) is 17.8 Å². The molecule has 0 unspecified atom stereocenters. The molecule has 0 aliphatic carbocycles. The maximum Gasteiger partial charge on any atom is 0.263 e. The number of anilines is 1. The highest BCUT2D eigenvalue weighted by Crippen LogP contribution is 2.21. The number of aromatic nitrogens is 2. The summed E-state index contributed by atoms with van der Waals surface area (Å²) in [6, 6.07) is 4.82. The van der Waals surface area contributed by atoms with E-state index in [1.807, 2.05) is 0 Å². The molecule has 26 heavy (non-hydrogen) atoms. The Morgan fingerprint density at radius 3 is 2.88 bits per heavy atom. The van der Waals surface area contributed by atoms with Gasteiger partial charge < -0.3 is 5.32 Å². The average molecular weight is 393 g/mol. The maximum atomic E-state index is 13.2. The molecule has 1 amide bonds. The van der Waals surface area contributed by atoms with Gasteiger partial charge in [0.25, 0.3) is 5.56 Å². The van der Waals surface area contributed by atoms with Crippen molar-refractivity contribution < 1.29 is 13.6 Å². The lowest BCUT2D eigenvalue weighted by Gasteiger charge is -2.10. The molecule has 0 saturated heterocycles. The monoisotopic (exact) mass is 393 g/mol. The minimum atomic E-state index is -1.04. The maximum absolute atomic E-state index is 13.2. The lowest BCUT2D eigenvalue weighted by Crippen LogP contribution is -2.23. The van der Waals surface area contributed by atoms with Gasteiger partial charge >= 0.3 is 0 Å². The second-order valence-electron chi connectivity index (χ2n) is 5.20. The number of thiophene rings is 1. The number of carbonyl (C=O) groups is 1. The van der Waals surface area contributed by atoms with Gasteiger partial charge in [-0.15, -0.1) is 17.9 Å². The number of amides is 1. The number of hydrogen-bond acceptors (Lipinski definition) is 5. The molecule has 0 radical (unpaired) electrons. The van der Waals surface area contributed by atoms with Gasteiger partial charge in [0, 0.05) is 18.3 Å². The van der Waals surface area contributed by atoms with E-state index >= 15 is 0 Å². The van der Waals surface area contributed by atoms with Crippen molar-refractivity contribution in [1.82, 2.24) is 9.55 Å². The third kappa shape index (κ3) is 3.83. The van der Waals surface area contributed by atoms with Crippen LogP contribution < -0.4 is 10.9 Å². The Morgan fingerprint density at radius 1 is 1.35 bits per heavy atom. The van der Waals surface area contributed by atoms with E-state index in [-0.39, 0.29) is 23.5 Å². The molecule has 2 aromatic heterocycles. The molecule has 0 aliphatic heterocycles. The summed E-state index contributed by atoms with van der Waals surface area (Å²) < 4.78 is 27.6. The third-order valence-corrected chi connectivity index (χ3v) is 5.18. The molecule has 3 aromatic rings. The van der Waals surface area contributed by atoms with E-state index in [0.717, 1.165) is 23.9 Å². The van der Waals surface area contributed by atoms with Crippen LogP contribution in [0.15, 0.2) is 52.3 Å². The van der Waals surface area contributed by atoms with Crippen molar-refractivity contribution in [1.29, 1.82) is 0 Å². The Hall–Kier alpha value is -2.52. The van der Waals surface area contributed by atoms with E-state index in [1.165, 1.54) is 22.0 Å². The van der Waals surface area contributed by atoms with Crippen LogP contribution in [0.3, 0.4) is 0 Å². The highest BCUT2D eigenvalue weighted by atomic mass is 32.2. The summed E-state index contributed by atoms with van der Waals surface area (Å²) in [4.78, 5) is 29.6. The van der Waals surface area contributed by atoms with Crippen molar-refractivity contribution in [2.45, 2.75) is 11.7 Å². The van der Waals surface area contributed by atoms with E-state index in [0.29, 0.717) is 15.4 Å². The van der Waals surface area contributed by atoms with Crippen LogP contribution in [-0.2, 0) is 11.3 Å². The lowest BCUT2D eigenvalue weighted by molar-refractivity contribution is -0.113. The smallest absolute Gasteiger partial charge is 0.263 e. The summed E-state index contributed by atoms with van der Waals surface area (Å²) in [5, 5.41) is 5.17. The van der Waals surface area contributed by atoms with Gasteiger partial charge in [0.15, 0.2) is 16.8 Å². The minimum Gasteiger partial charge on any atom is -0.325 e. The number of nitrogens with one attached hydrogen (secondary N) is 1. The molecule has 0 aliphatic rings. The van der Waals surface area contributed by atoms with Crippen LogP contribution >= 0.6 is 23.1 Å². The molecule has 3 rings (SSSR count). The van der Waals surface area contributed by atoms with Crippen LogP contribution in [0, 0.1) is 11.6 Å². The van der Waals surface area contributed by atoms with E-state index in [1.54, 1.807) is 17.5 Å². The van der Waals surface area contributed by atoms with Crippen molar-refractivity contribution in [2.24, 2.45) is 0 Å². The Labute approximate surface area is 155 Å². The number of fused-ring (bicyclic) bond motifs is 1. The van der Waals surface area contributed by atoms with Crippen molar-refractivity contribution >= 4 is 44.9 Å². The van der Waals surface area contributed by atoms with Gasteiger partial charge in [-0.2, -0.15) is 0 Å². The Morgan fingerprint density at radius 2 is 2.15 bits per heavy atom. The highest BCUT2D eigenvalue weighted by molar-refractivity contribution is 7.99. The predicted molar refractivity (Wildman–Crippen MR) is 99.8 cm³/mol. The molecule has 5 nitrogen and oxygen atoms in total. The van der Waals surface area contributed by atoms with Crippen LogP contribution in [0.4, 0.5) is 14.5 Å². The zero-order chi connectivity index (χ0) is 18.7. The predicted octanol–water partition coefficient (Wildman–Crippen LogP) is 3.65. The SMILES string of the molecule is C=CCn1c(SCC(=O)Nc2ccc(F)c(F)c2)nc2sccc2c1=O. The van der Waals surface area contributed by atoms with E-state index in [4.69, 9.17) is 0 Å². The molecular weight excluding hydrogens is 380 g/mol. The Kier molecular flexibility index (Phi) is 5.48. The Bertz CT molecular complexity index is 1050. The molecule has 0 spiro atoms. The van der Waals surface area contributed by atoms with Crippen LogP contribution in [0.1, 0.15) is 0 Å². The van der Waals surface area contributed by atoms with Crippen molar-refractivity contribution in [3.05, 3.63) is 64.3 Å². The Balaban J connectivity index is 1.77. The number of thioether (sulfide) groups is 1. The quantitative estimate of drug-likeness (QED) is 0.394. The average Bonchev–Trinajstić information content (AvgIpc) is 3.08. The molecule has 2 heterocycles. The zero-order valence-corrected chi connectivity index (χ0v) is 15.0. The fourth-order valence-electron chi connectivity index (χ4n) is 2.23. The zero-order valence-electron chi connectivity index (χ0n) is 13.4. The van der Waals surface area contributed by atoms with E-state index in [2.05, 4.69) is 16.9 Å². The van der Waals surface area contributed by atoms with Gasteiger partial charge in [0.1, 0.15) is 4.83 Å². The molecule has 0 saturated carbocycles. The normalized spacial score (nSPS) is 10.8. The largest absolute Gasteiger partial charge is 0.325 e. The number of hydrogen-bond donors (Lipinski definition) is 1. The first-order chi connectivity index (χ1) is 12.5. The molecular formula is C17H13F2N3O2S2. The van der Waals surface area contributed by atoms with Crippen LogP contribution in [0.5, 0.6) is 0 Å². The standard InChI is InChI=1S/C17H13F2N3O2S2/c1-2-6-22-16(24)11-5-7-25-15(11)21-17(22)26-9-14(23)20-10-3-4-12(18)13(19)8-10/h2-5,7-8H,1,6,9H2,(H,20,23). The molecule has 9 heteroatoms. The number of nitrogens with zero attached hydrogens (tertiary/aromatic N) is 2. The summed E-state index contributed by atoms with van der Waals surface area (Å²) in [5.74, 6) is -2.49. The number of halogens is 2. The van der Waals surface area contributed by atoms with Crippen molar-refractivity contribution in [3.8, 4) is 0 Å². The molecule has 0 atom stereocenters. The molecule has 1 aromatic carbocycles. The fourth-order valence-corrected chi connectivity index (χ4v) is 3.85. The van der Waals surface area contributed by atoms with Crippen molar-refractivity contribution in [2.75, 3.05) is 11.1 Å². The molecule has 134 valence electrons. The second-order valence-corrected chi connectivity index (χ2v) is 7.04. The first kappa shape index (κ1) is 18.3. The summed E-state index contributed by atoms with van der Waals surface area (Å²) >= 11 is 2.43. The minimum absolute atomic E-state index is 0.0422. The first-order valence-corrected chi connectivity index (χ1v) is 9.32. The lowest BCUT2D eigenvalue weighted by atomic mass is 10.3. The van der Waals surface area contributed by atoms with Gasteiger partial charge in [0.05, 0.1) is 11.1 Å². The number of carbonyl (C=O) groups excluding carboxylic acids is 1. The molecule has 1 N–H and O–H groups in total. The van der Waals surface area contributed by atoms with Gasteiger partial charge in [-0.3, -0.25) is 14.2 Å². The number of benzene rings is 1. The second kappa shape index (κ2) is 7.79. The van der Waals surface area contributed by atoms with E-state index < -0.39 is 17.5 Å². The highest BCUT2D eigenvalue weighted by Gasteiger charge is 2.14. The van der Waals surface area contributed by atoms with Crippen LogP contribution in [-0.4, -0.2) is 21.2 Å². The summed E-state index contributed by atoms with van der Waals surface area (Å²) in [6.07, 6.45) is 1.58. The van der Waals surface area contributed by atoms with Gasteiger partial charge in [-0.05, 0) is 23.6 Å². The summed E-state index contributed by atoms with van der Waals surface area (Å²) in [5.41, 5.74) is -0.0423. The number of rotatable bonds is 6. The molecule has 0 bridgehead atoms. The third-order valence-electron chi connectivity index (χ3n) is 3.40. The van der Waals surface area contributed by atoms with E-state index in [9.17, 15) is 18.4 Å². The summed E-state index contributed by atoms with van der Waals surface area (Å²) in [6.45, 7) is 3.90. The van der Waals surface area contributed by atoms with Crippen LogP contribution in [0.2, 0.25) is 0 Å². The number of allylic oxidation sites excluding steroid dienone is 1. The van der Waals surface area contributed by atoms with Crippen molar-refractivity contribution in [3.63, 3.8) is 0 Å².